The molecule has 1 unspecified atom stereocenters. The van der Waals surface area contributed by atoms with E-state index in [9.17, 15) is 21.6 Å². The molecule has 26 heavy (non-hydrogen) atoms. The highest BCUT2D eigenvalue weighted by molar-refractivity contribution is 7.92. The third-order valence-corrected chi connectivity index (χ3v) is 6.49. The van der Waals surface area contributed by atoms with Gasteiger partial charge in [-0.3, -0.25) is 4.99 Å². The summed E-state index contributed by atoms with van der Waals surface area (Å²) in [5, 5.41) is 5.84. The third kappa shape index (κ3) is 6.19. The Bertz CT molecular complexity index is 738. The maximum absolute atomic E-state index is 12.8. The third-order valence-electron chi connectivity index (χ3n) is 3.89. The van der Waals surface area contributed by atoms with Crippen molar-refractivity contribution in [2.45, 2.75) is 44.7 Å². The number of nitrogens with zero attached hydrogens (tertiary/aromatic N) is 1. The molecule has 5 nitrogen and oxygen atoms in total. The summed E-state index contributed by atoms with van der Waals surface area (Å²) in [6.45, 7) is 6.74. The first-order chi connectivity index (χ1) is 11.8. The van der Waals surface area contributed by atoms with Gasteiger partial charge in [-0.05, 0) is 45.4 Å². The fraction of sp³-hybridized carbons (Fsp3) is 0.588. The van der Waals surface area contributed by atoms with Gasteiger partial charge >= 0.3 is 6.18 Å². The van der Waals surface area contributed by atoms with E-state index in [1.807, 2.05) is 0 Å². The number of sulfone groups is 1. The predicted octanol–water partition coefficient (Wildman–Crippen LogP) is 3.14. The topological polar surface area (TPSA) is 70.6 Å². The van der Waals surface area contributed by atoms with Crippen molar-refractivity contribution in [2.24, 2.45) is 4.99 Å². The second-order valence-electron chi connectivity index (χ2n) is 6.92. The molecule has 0 saturated carbocycles. The molecule has 1 atom stereocenters. The summed E-state index contributed by atoms with van der Waals surface area (Å²) >= 11 is 0. The first kappa shape index (κ1) is 22.3. The summed E-state index contributed by atoms with van der Waals surface area (Å²) < 4.78 is 61.8. The van der Waals surface area contributed by atoms with E-state index in [4.69, 9.17) is 0 Å². The average molecular weight is 393 g/mol. The number of aliphatic imine (C=N–C) groups is 1. The van der Waals surface area contributed by atoms with Crippen LogP contribution in [0.1, 0.15) is 44.9 Å². The van der Waals surface area contributed by atoms with Crippen molar-refractivity contribution in [1.29, 1.82) is 0 Å². The van der Waals surface area contributed by atoms with Crippen LogP contribution in [0.4, 0.5) is 13.2 Å². The molecule has 9 heteroatoms. The molecule has 1 rings (SSSR count). The Morgan fingerprint density at radius 3 is 2.35 bits per heavy atom. The van der Waals surface area contributed by atoms with Crippen LogP contribution in [0.2, 0.25) is 0 Å². The minimum atomic E-state index is -4.41. The van der Waals surface area contributed by atoms with E-state index in [1.54, 1.807) is 33.8 Å². The van der Waals surface area contributed by atoms with Gasteiger partial charge in [-0.15, -0.1) is 0 Å². The molecular weight excluding hydrogens is 367 g/mol. The van der Waals surface area contributed by atoms with Gasteiger partial charge in [-0.25, -0.2) is 8.42 Å². The van der Waals surface area contributed by atoms with Gasteiger partial charge in [0.2, 0.25) is 0 Å². The van der Waals surface area contributed by atoms with Gasteiger partial charge in [-0.2, -0.15) is 13.2 Å². The van der Waals surface area contributed by atoms with Crippen molar-refractivity contribution in [3.05, 3.63) is 35.4 Å². The number of nitrogens with one attached hydrogen (secondary N) is 2. The summed E-state index contributed by atoms with van der Waals surface area (Å²) in [6, 6.07) is 4.59. The van der Waals surface area contributed by atoms with E-state index in [0.29, 0.717) is 11.5 Å². The molecule has 0 radical (unpaired) electrons. The lowest BCUT2D eigenvalue weighted by atomic mass is 10.1. The van der Waals surface area contributed by atoms with Gasteiger partial charge in [0, 0.05) is 13.6 Å². The van der Waals surface area contributed by atoms with Crippen molar-refractivity contribution >= 4 is 15.8 Å². The minimum absolute atomic E-state index is 0.0743. The molecule has 0 aromatic heterocycles. The van der Waals surface area contributed by atoms with Gasteiger partial charge in [-0.1, -0.05) is 12.1 Å². The second-order valence-corrected chi connectivity index (χ2v) is 9.78. The van der Waals surface area contributed by atoms with Crippen LogP contribution in [0.5, 0.6) is 0 Å². The highest BCUT2D eigenvalue weighted by atomic mass is 32.2. The largest absolute Gasteiger partial charge is 0.416 e. The van der Waals surface area contributed by atoms with E-state index in [1.165, 1.54) is 13.1 Å². The summed E-state index contributed by atoms with van der Waals surface area (Å²) in [5.74, 6) is 0.244. The lowest BCUT2D eigenvalue weighted by Crippen LogP contribution is -2.42. The van der Waals surface area contributed by atoms with Crippen LogP contribution in [-0.2, 0) is 16.0 Å². The van der Waals surface area contributed by atoms with E-state index >= 15 is 0 Å². The number of benzene rings is 1. The standard InChI is InChI=1S/C17H26F3N3O2S/c1-12(13-7-6-8-14(11-13)17(18,19)20)23-15(21-5)22-9-10-26(24,25)16(2,3)4/h6-8,11-12H,9-10H2,1-5H3,(H2,21,22,23). The number of hydrogen-bond donors (Lipinski definition) is 2. The Balaban J connectivity index is 2.72. The van der Waals surface area contributed by atoms with Crippen molar-refractivity contribution in [3.63, 3.8) is 0 Å². The van der Waals surface area contributed by atoms with Gasteiger partial charge < -0.3 is 10.6 Å². The molecule has 2 N–H and O–H groups in total. The number of hydrogen-bond acceptors (Lipinski definition) is 3. The van der Waals surface area contributed by atoms with E-state index in [2.05, 4.69) is 15.6 Å². The van der Waals surface area contributed by atoms with Crippen LogP contribution >= 0.6 is 0 Å². The van der Waals surface area contributed by atoms with Crippen LogP contribution in [0.3, 0.4) is 0 Å². The van der Waals surface area contributed by atoms with Crippen molar-refractivity contribution in [2.75, 3.05) is 19.3 Å². The summed E-state index contributed by atoms with van der Waals surface area (Å²) in [6.07, 6.45) is -4.41. The number of alkyl halides is 3. The van der Waals surface area contributed by atoms with Gasteiger partial charge in [0.1, 0.15) is 0 Å². The van der Waals surface area contributed by atoms with Gasteiger partial charge in [0.15, 0.2) is 15.8 Å². The normalized spacial score (nSPS) is 14.8. The minimum Gasteiger partial charge on any atom is -0.355 e. The summed E-state index contributed by atoms with van der Waals surface area (Å²) in [5.41, 5.74) is -0.270. The highest BCUT2D eigenvalue weighted by Gasteiger charge is 2.31. The molecule has 0 saturated heterocycles. The maximum Gasteiger partial charge on any atom is 0.416 e. The van der Waals surface area contributed by atoms with Crippen molar-refractivity contribution in [1.82, 2.24) is 10.6 Å². The van der Waals surface area contributed by atoms with Crippen LogP contribution < -0.4 is 10.6 Å². The Morgan fingerprint density at radius 1 is 1.23 bits per heavy atom. The first-order valence-electron chi connectivity index (χ1n) is 8.14. The van der Waals surface area contributed by atoms with Crippen molar-refractivity contribution < 1.29 is 21.6 Å². The second kappa shape index (κ2) is 8.28. The molecule has 0 fully saturated rings. The van der Waals surface area contributed by atoms with E-state index < -0.39 is 32.4 Å². The van der Waals surface area contributed by atoms with Crippen LogP contribution in [0, 0.1) is 0 Å². The lowest BCUT2D eigenvalue weighted by molar-refractivity contribution is -0.137. The molecule has 0 aliphatic heterocycles. The molecule has 0 aliphatic carbocycles. The Hall–Kier alpha value is -1.77. The molecule has 0 spiro atoms. The predicted molar refractivity (Wildman–Crippen MR) is 97.9 cm³/mol. The molecule has 1 aromatic carbocycles. The van der Waals surface area contributed by atoms with E-state index in [0.717, 1.165) is 12.1 Å². The quantitative estimate of drug-likeness (QED) is 0.596. The number of halogens is 3. The summed E-state index contributed by atoms with van der Waals surface area (Å²) in [7, 11) is -1.77. The molecule has 148 valence electrons. The van der Waals surface area contributed by atoms with Crippen LogP contribution in [-0.4, -0.2) is 38.5 Å². The number of rotatable bonds is 5. The zero-order valence-corrected chi connectivity index (χ0v) is 16.4. The molecule has 0 amide bonds. The smallest absolute Gasteiger partial charge is 0.355 e. The van der Waals surface area contributed by atoms with E-state index in [-0.39, 0.29) is 12.3 Å². The average Bonchev–Trinajstić information content (AvgIpc) is 2.51. The Morgan fingerprint density at radius 2 is 1.85 bits per heavy atom. The monoisotopic (exact) mass is 393 g/mol. The van der Waals surface area contributed by atoms with Crippen LogP contribution in [0.15, 0.2) is 29.3 Å². The molecule has 1 aromatic rings. The number of guanidine groups is 1. The van der Waals surface area contributed by atoms with Crippen molar-refractivity contribution in [3.8, 4) is 0 Å². The fourth-order valence-corrected chi connectivity index (χ4v) is 3.06. The zero-order chi connectivity index (χ0) is 20.2. The molecule has 0 bridgehead atoms. The summed E-state index contributed by atoms with van der Waals surface area (Å²) in [4.78, 5) is 3.98. The highest BCUT2D eigenvalue weighted by Crippen LogP contribution is 2.30. The molecule has 0 heterocycles. The van der Waals surface area contributed by atoms with Gasteiger partial charge in [0.25, 0.3) is 0 Å². The maximum atomic E-state index is 12.8. The van der Waals surface area contributed by atoms with Gasteiger partial charge in [0.05, 0.1) is 22.1 Å². The molecular formula is C17H26F3N3O2S. The SMILES string of the molecule is CN=C(NCCS(=O)(=O)C(C)(C)C)NC(C)c1cccc(C(F)(F)F)c1. The molecule has 0 aliphatic rings. The zero-order valence-electron chi connectivity index (χ0n) is 15.6. The lowest BCUT2D eigenvalue weighted by Gasteiger charge is -2.21. The Labute approximate surface area is 153 Å². The Kier molecular flexibility index (Phi) is 7.09. The first-order valence-corrected chi connectivity index (χ1v) is 9.80. The fourth-order valence-electron chi connectivity index (χ4n) is 2.08. The van der Waals surface area contributed by atoms with Crippen LogP contribution in [0.25, 0.3) is 0 Å².